The predicted molar refractivity (Wildman–Crippen MR) is 61.9 cm³/mol. The van der Waals surface area contributed by atoms with Crippen LogP contribution in [0.15, 0.2) is 18.2 Å². The molecule has 98 valence electrons. The zero-order valence-corrected chi connectivity index (χ0v) is 9.90. The Morgan fingerprint density at radius 3 is 2.78 bits per heavy atom. The normalized spacial score (nSPS) is 9.89. The molecule has 2 N–H and O–H groups in total. The summed E-state index contributed by atoms with van der Waals surface area (Å²) in [5.74, 6) is -1.88. The van der Waals surface area contributed by atoms with E-state index in [1.165, 1.54) is 19.2 Å². The molecule has 0 fully saturated rings. The van der Waals surface area contributed by atoms with Crippen LogP contribution in [0.2, 0.25) is 0 Å². The smallest absolute Gasteiger partial charge is 0.322 e. The monoisotopic (exact) mass is 255 g/mol. The minimum atomic E-state index is -1.10. The number of amides is 1. The van der Waals surface area contributed by atoms with Crippen LogP contribution in [-0.2, 0) is 16.0 Å². The maximum atomic E-state index is 13.3. The molecule has 1 aromatic carbocycles. The van der Waals surface area contributed by atoms with Crippen molar-refractivity contribution in [3.05, 3.63) is 29.6 Å². The number of ether oxygens (including phenoxy) is 1. The highest BCUT2D eigenvalue weighted by Crippen LogP contribution is 2.23. The molecule has 0 heterocycles. The van der Waals surface area contributed by atoms with Crippen LogP contribution < -0.4 is 10.1 Å². The maximum absolute atomic E-state index is 13.3. The van der Waals surface area contributed by atoms with Gasteiger partial charge in [0.1, 0.15) is 6.54 Å². The fourth-order valence-electron chi connectivity index (χ4n) is 1.49. The third kappa shape index (κ3) is 4.04. The Morgan fingerprint density at radius 2 is 2.17 bits per heavy atom. The maximum Gasteiger partial charge on any atom is 0.322 e. The molecule has 0 saturated carbocycles. The molecule has 0 saturated heterocycles. The minimum Gasteiger partial charge on any atom is -0.493 e. The lowest BCUT2D eigenvalue weighted by molar-refractivity contribution is -0.137. The summed E-state index contributed by atoms with van der Waals surface area (Å²) in [5.41, 5.74) is 0.572. The molecule has 1 amide bonds. The second-order valence-corrected chi connectivity index (χ2v) is 3.60. The topological polar surface area (TPSA) is 75.6 Å². The molecule has 0 aliphatic heterocycles. The molecule has 0 aliphatic carbocycles. The number of benzene rings is 1. The van der Waals surface area contributed by atoms with E-state index in [1.54, 1.807) is 6.07 Å². The van der Waals surface area contributed by atoms with E-state index in [9.17, 15) is 14.0 Å². The van der Waals surface area contributed by atoms with Gasteiger partial charge in [-0.1, -0.05) is 12.1 Å². The van der Waals surface area contributed by atoms with E-state index in [1.807, 2.05) is 0 Å². The number of carboxylic acids is 1. The first kappa shape index (κ1) is 14.0. The van der Waals surface area contributed by atoms with Crippen LogP contribution in [-0.4, -0.2) is 30.6 Å². The van der Waals surface area contributed by atoms with Crippen molar-refractivity contribution in [1.29, 1.82) is 0 Å². The number of aryl methyl sites for hydroxylation is 1. The van der Waals surface area contributed by atoms with Gasteiger partial charge in [0.15, 0.2) is 11.6 Å². The number of carbonyl (C=O) groups excluding carboxylic acids is 1. The zero-order chi connectivity index (χ0) is 13.5. The van der Waals surface area contributed by atoms with Gasteiger partial charge >= 0.3 is 5.97 Å². The fraction of sp³-hybridized carbons (Fsp3) is 0.333. The van der Waals surface area contributed by atoms with Crippen molar-refractivity contribution in [3.63, 3.8) is 0 Å². The van der Waals surface area contributed by atoms with Crippen LogP contribution in [0, 0.1) is 5.82 Å². The lowest BCUT2D eigenvalue weighted by Gasteiger charge is -2.09. The van der Waals surface area contributed by atoms with Gasteiger partial charge in [0.25, 0.3) is 0 Å². The number of carboxylic acid groups (broad SMARTS) is 1. The van der Waals surface area contributed by atoms with Gasteiger partial charge in [-0.15, -0.1) is 0 Å². The molecule has 0 aromatic heterocycles. The number of para-hydroxylation sites is 1. The van der Waals surface area contributed by atoms with E-state index in [0.29, 0.717) is 5.56 Å². The third-order valence-corrected chi connectivity index (χ3v) is 2.31. The number of hydrogen-bond donors (Lipinski definition) is 2. The highest BCUT2D eigenvalue weighted by Gasteiger charge is 2.10. The predicted octanol–water partition coefficient (Wildman–Crippen LogP) is 0.968. The van der Waals surface area contributed by atoms with Crippen LogP contribution in [0.25, 0.3) is 0 Å². The number of halogens is 1. The van der Waals surface area contributed by atoms with Gasteiger partial charge in [-0.05, 0) is 18.1 Å². The number of carbonyl (C=O) groups is 2. The summed E-state index contributed by atoms with van der Waals surface area (Å²) >= 11 is 0. The molecule has 0 atom stereocenters. The molecule has 0 bridgehead atoms. The van der Waals surface area contributed by atoms with E-state index in [4.69, 9.17) is 9.84 Å². The van der Waals surface area contributed by atoms with Crippen molar-refractivity contribution in [1.82, 2.24) is 5.32 Å². The summed E-state index contributed by atoms with van der Waals surface area (Å²) in [7, 11) is 1.35. The van der Waals surface area contributed by atoms with Crippen molar-refractivity contribution in [2.45, 2.75) is 12.8 Å². The van der Waals surface area contributed by atoms with Gasteiger partial charge in [-0.25, -0.2) is 4.39 Å². The molecule has 1 aromatic rings. The largest absolute Gasteiger partial charge is 0.493 e. The Labute approximate surface area is 104 Å². The SMILES string of the molecule is COc1c(F)cccc1CCC(=O)NCC(=O)O. The quantitative estimate of drug-likeness (QED) is 0.794. The lowest BCUT2D eigenvalue weighted by Crippen LogP contribution is -2.29. The van der Waals surface area contributed by atoms with E-state index in [-0.39, 0.29) is 18.6 Å². The summed E-state index contributed by atoms with van der Waals surface area (Å²) in [5, 5.41) is 10.6. The standard InChI is InChI=1S/C12H14FNO4/c1-18-12-8(3-2-4-9(12)13)5-6-10(15)14-7-11(16)17/h2-4H,5-7H2,1H3,(H,14,15)(H,16,17). The van der Waals surface area contributed by atoms with Gasteiger partial charge in [0, 0.05) is 6.42 Å². The average Bonchev–Trinajstić information content (AvgIpc) is 2.33. The highest BCUT2D eigenvalue weighted by molar-refractivity contribution is 5.81. The van der Waals surface area contributed by atoms with Gasteiger partial charge in [0.05, 0.1) is 7.11 Å². The van der Waals surface area contributed by atoms with Crippen LogP contribution in [0.4, 0.5) is 4.39 Å². The van der Waals surface area contributed by atoms with Gasteiger partial charge in [-0.2, -0.15) is 0 Å². The van der Waals surface area contributed by atoms with Crippen LogP contribution >= 0.6 is 0 Å². The average molecular weight is 255 g/mol. The number of aliphatic carboxylic acids is 1. The van der Waals surface area contributed by atoms with Crippen LogP contribution in [0.5, 0.6) is 5.75 Å². The van der Waals surface area contributed by atoms with E-state index >= 15 is 0 Å². The Kier molecular flexibility index (Phi) is 5.10. The van der Waals surface area contributed by atoms with Crippen molar-refractivity contribution in [3.8, 4) is 5.75 Å². The molecule has 6 heteroatoms. The van der Waals surface area contributed by atoms with Crippen molar-refractivity contribution in [2.24, 2.45) is 0 Å². The van der Waals surface area contributed by atoms with Crippen molar-refractivity contribution < 1.29 is 23.8 Å². The summed E-state index contributed by atoms with van der Waals surface area (Å²) in [6, 6.07) is 4.46. The van der Waals surface area contributed by atoms with Crippen LogP contribution in [0.3, 0.4) is 0 Å². The van der Waals surface area contributed by atoms with E-state index in [0.717, 1.165) is 0 Å². The Bertz CT molecular complexity index is 448. The number of rotatable bonds is 6. The number of hydrogen-bond acceptors (Lipinski definition) is 3. The number of nitrogens with one attached hydrogen (secondary N) is 1. The van der Waals surface area contributed by atoms with Crippen molar-refractivity contribution in [2.75, 3.05) is 13.7 Å². The molecular formula is C12H14FNO4. The Hall–Kier alpha value is -2.11. The molecular weight excluding hydrogens is 241 g/mol. The first-order valence-electron chi connectivity index (χ1n) is 5.34. The molecule has 0 aliphatic rings. The van der Waals surface area contributed by atoms with E-state index < -0.39 is 24.2 Å². The van der Waals surface area contributed by atoms with E-state index in [2.05, 4.69) is 5.32 Å². The second kappa shape index (κ2) is 6.58. The summed E-state index contributed by atoms with van der Waals surface area (Å²) in [6.07, 6.45) is 0.361. The molecule has 18 heavy (non-hydrogen) atoms. The lowest BCUT2D eigenvalue weighted by atomic mass is 10.1. The van der Waals surface area contributed by atoms with Gasteiger partial charge < -0.3 is 15.2 Å². The third-order valence-electron chi connectivity index (χ3n) is 2.31. The molecule has 0 radical (unpaired) electrons. The highest BCUT2D eigenvalue weighted by atomic mass is 19.1. The summed E-state index contributed by atoms with van der Waals surface area (Å²) in [6.45, 7) is -0.418. The Morgan fingerprint density at radius 1 is 1.44 bits per heavy atom. The number of methoxy groups -OCH3 is 1. The first-order valence-corrected chi connectivity index (χ1v) is 5.34. The second-order valence-electron chi connectivity index (χ2n) is 3.60. The zero-order valence-electron chi connectivity index (χ0n) is 9.90. The first-order chi connectivity index (χ1) is 8.54. The molecule has 0 spiro atoms. The van der Waals surface area contributed by atoms with Crippen molar-refractivity contribution >= 4 is 11.9 Å². The minimum absolute atomic E-state index is 0.0765. The molecule has 0 unspecified atom stereocenters. The summed E-state index contributed by atoms with van der Waals surface area (Å²) < 4.78 is 18.2. The van der Waals surface area contributed by atoms with Crippen LogP contribution in [0.1, 0.15) is 12.0 Å². The fourth-order valence-corrected chi connectivity index (χ4v) is 1.49. The Balaban J connectivity index is 2.55. The summed E-state index contributed by atoms with van der Waals surface area (Å²) in [4.78, 5) is 21.5. The molecule has 1 rings (SSSR count). The molecule has 5 nitrogen and oxygen atoms in total. The van der Waals surface area contributed by atoms with Gasteiger partial charge in [-0.3, -0.25) is 9.59 Å². The van der Waals surface area contributed by atoms with Gasteiger partial charge in [0.2, 0.25) is 5.91 Å².